The monoisotopic (exact) mass is 534 g/mol. The summed E-state index contributed by atoms with van der Waals surface area (Å²) in [6.45, 7) is 3.93. The number of benzene rings is 1. The Morgan fingerprint density at radius 2 is 2.00 bits per heavy atom. The lowest BCUT2D eigenvalue weighted by atomic mass is 10.0. The molecule has 0 spiro atoms. The predicted molar refractivity (Wildman–Crippen MR) is 130 cm³/mol. The summed E-state index contributed by atoms with van der Waals surface area (Å²) in [7, 11) is 0.211. The van der Waals surface area contributed by atoms with Crippen molar-refractivity contribution in [1.29, 1.82) is 0 Å². The van der Waals surface area contributed by atoms with E-state index in [0.717, 1.165) is 36.2 Å². The van der Waals surface area contributed by atoms with Crippen LogP contribution in [0.25, 0.3) is 10.8 Å². The molecule has 1 atom stereocenters. The van der Waals surface area contributed by atoms with E-state index in [1.807, 2.05) is 12.1 Å². The Kier molecular flexibility index (Phi) is 11.3. The number of aromatic nitrogens is 1. The van der Waals surface area contributed by atoms with Crippen molar-refractivity contribution < 1.29 is 36.2 Å². The zero-order valence-corrected chi connectivity index (χ0v) is 21.2. The second-order valence-corrected chi connectivity index (χ2v) is 10.4. The summed E-state index contributed by atoms with van der Waals surface area (Å²) >= 11 is 0. The molecule has 3 rings (SSSR count). The third-order valence-electron chi connectivity index (χ3n) is 5.64. The van der Waals surface area contributed by atoms with E-state index in [2.05, 4.69) is 27.0 Å². The molecule has 1 unspecified atom stereocenters. The van der Waals surface area contributed by atoms with Crippen LogP contribution in [0.15, 0.2) is 35.4 Å². The third kappa shape index (κ3) is 9.52. The maximum atomic E-state index is 12.6. The molecule has 2 aromatic rings. The highest BCUT2D eigenvalue weighted by Crippen LogP contribution is 2.25. The number of halogens is 3. The number of rotatable bonds is 9. The summed E-state index contributed by atoms with van der Waals surface area (Å²) in [5.74, 6) is -1.45. The zero-order valence-electron chi connectivity index (χ0n) is 20.3. The number of ether oxygens (including phenoxy) is 1. The predicted octanol–water partition coefficient (Wildman–Crippen LogP) is 3.33. The van der Waals surface area contributed by atoms with E-state index in [1.54, 1.807) is 25.4 Å². The number of alkyl halides is 3. The Labute approximate surface area is 209 Å². The van der Waals surface area contributed by atoms with Crippen molar-refractivity contribution >= 4 is 32.6 Å². The van der Waals surface area contributed by atoms with Gasteiger partial charge in [-0.05, 0) is 62.4 Å². The molecular formula is C23H33F3N4O5S. The molecule has 202 valence electrons. The van der Waals surface area contributed by atoms with Gasteiger partial charge < -0.3 is 20.1 Å². The Morgan fingerprint density at radius 3 is 2.67 bits per heavy atom. The first-order chi connectivity index (χ1) is 16.9. The van der Waals surface area contributed by atoms with E-state index < -0.39 is 22.2 Å². The number of sulfonamides is 1. The van der Waals surface area contributed by atoms with Gasteiger partial charge in [0.05, 0.1) is 4.90 Å². The summed E-state index contributed by atoms with van der Waals surface area (Å²) in [4.78, 5) is 16.0. The number of fused-ring (bicyclic) bond motifs is 1. The van der Waals surface area contributed by atoms with E-state index in [4.69, 9.17) is 14.6 Å². The molecule has 3 N–H and O–H groups in total. The normalized spacial score (nSPS) is 17.2. The molecule has 36 heavy (non-hydrogen) atoms. The summed E-state index contributed by atoms with van der Waals surface area (Å²) in [5.41, 5.74) is 0. The number of hydrogen-bond acceptors (Lipinski definition) is 7. The molecule has 1 saturated heterocycles. The lowest BCUT2D eigenvalue weighted by Crippen LogP contribution is -2.28. The molecule has 1 aromatic carbocycles. The third-order valence-corrected chi connectivity index (χ3v) is 7.10. The molecule has 1 aliphatic rings. The second-order valence-electron chi connectivity index (χ2n) is 8.59. The SMILES string of the molecule is COCCCNS(=O)(=O)c1ccc2ccnc(NCC3CCCCN(C)C3)c2c1.O=C(O)C(F)(F)F. The smallest absolute Gasteiger partial charge is 0.475 e. The van der Waals surface area contributed by atoms with Gasteiger partial charge in [-0.15, -0.1) is 0 Å². The van der Waals surface area contributed by atoms with Crippen LogP contribution in [0.1, 0.15) is 25.7 Å². The topological polar surface area (TPSA) is 121 Å². The first kappa shape index (κ1) is 29.7. The molecule has 0 saturated carbocycles. The highest BCUT2D eigenvalue weighted by molar-refractivity contribution is 7.89. The number of pyridine rings is 1. The Bertz CT molecular complexity index is 1100. The second kappa shape index (κ2) is 13.7. The van der Waals surface area contributed by atoms with Crippen LogP contribution in [-0.4, -0.2) is 82.5 Å². The molecule has 0 aliphatic carbocycles. The van der Waals surface area contributed by atoms with Gasteiger partial charge in [0.1, 0.15) is 5.82 Å². The van der Waals surface area contributed by atoms with Crippen molar-refractivity contribution in [3.05, 3.63) is 30.5 Å². The minimum atomic E-state index is -5.08. The van der Waals surface area contributed by atoms with Crippen molar-refractivity contribution in [3.63, 3.8) is 0 Å². The van der Waals surface area contributed by atoms with Crippen LogP contribution in [0.3, 0.4) is 0 Å². The number of nitrogens with one attached hydrogen (secondary N) is 2. The average molecular weight is 535 g/mol. The van der Waals surface area contributed by atoms with Crippen LogP contribution >= 0.6 is 0 Å². The van der Waals surface area contributed by atoms with Crippen molar-refractivity contribution in [1.82, 2.24) is 14.6 Å². The molecule has 2 heterocycles. The molecule has 1 fully saturated rings. The molecule has 1 aliphatic heterocycles. The number of carboxylic acid groups (broad SMARTS) is 1. The van der Waals surface area contributed by atoms with Crippen molar-refractivity contribution in [2.24, 2.45) is 5.92 Å². The van der Waals surface area contributed by atoms with Crippen molar-refractivity contribution in [2.75, 3.05) is 52.3 Å². The van der Waals surface area contributed by atoms with Crippen molar-refractivity contribution in [2.45, 2.75) is 36.8 Å². The van der Waals surface area contributed by atoms with E-state index in [9.17, 15) is 21.6 Å². The van der Waals surface area contributed by atoms with Gasteiger partial charge >= 0.3 is 12.1 Å². The number of anilines is 1. The van der Waals surface area contributed by atoms with Crippen LogP contribution in [0.5, 0.6) is 0 Å². The van der Waals surface area contributed by atoms with Gasteiger partial charge in [0, 0.05) is 44.9 Å². The maximum absolute atomic E-state index is 12.6. The number of methoxy groups -OCH3 is 1. The van der Waals surface area contributed by atoms with Gasteiger partial charge in [-0.3, -0.25) is 0 Å². The fourth-order valence-corrected chi connectivity index (χ4v) is 4.91. The first-order valence-electron chi connectivity index (χ1n) is 11.5. The van der Waals surface area contributed by atoms with E-state index in [-0.39, 0.29) is 4.90 Å². The maximum Gasteiger partial charge on any atom is 0.490 e. The number of carboxylic acids is 1. The summed E-state index contributed by atoms with van der Waals surface area (Å²) in [6.07, 6.45) is 1.01. The minimum Gasteiger partial charge on any atom is -0.475 e. The Morgan fingerprint density at radius 1 is 1.28 bits per heavy atom. The summed E-state index contributed by atoms with van der Waals surface area (Å²) in [5, 5.41) is 12.4. The van der Waals surface area contributed by atoms with E-state index >= 15 is 0 Å². The van der Waals surface area contributed by atoms with Crippen LogP contribution in [0, 0.1) is 5.92 Å². The summed E-state index contributed by atoms with van der Waals surface area (Å²) in [6, 6.07) is 7.10. The number of likely N-dealkylation sites (tertiary alicyclic amines) is 1. The van der Waals surface area contributed by atoms with Gasteiger partial charge in [0.15, 0.2) is 0 Å². The van der Waals surface area contributed by atoms with Gasteiger partial charge in [-0.1, -0.05) is 12.5 Å². The molecule has 0 radical (unpaired) electrons. The fraction of sp³-hybridized carbons (Fsp3) is 0.565. The number of carbonyl (C=O) groups is 1. The van der Waals surface area contributed by atoms with Gasteiger partial charge in [-0.2, -0.15) is 13.2 Å². The highest BCUT2D eigenvalue weighted by atomic mass is 32.2. The number of hydrogen-bond donors (Lipinski definition) is 3. The largest absolute Gasteiger partial charge is 0.490 e. The quantitative estimate of drug-likeness (QED) is 0.419. The lowest BCUT2D eigenvalue weighted by molar-refractivity contribution is -0.192. The average Bonchev–Trinajstić information content (AvgIpc) is 3.03. The zero-order chi connectivity index (χ0) is 26.8. The summed E-state index contributed by atoms with van der Waals surface area (Å²) < 4.78 is 64.6. The van der Waals surface area contributed by atoms with Gasteiger partial charge in [-0.25, -0.2) is 22.9 Å². The molecule has 0 amide bonds. The highest BCUT2D eigenvalue weighted by Gasteiger charge is 2.38. The Balaban J connectivity index is 0.000000572. The van der Waals surface area contributed by atoms with Crippen LogP contribution in [-0.2, 0) is 19.6 Å². The lowest BCUT2D eigenvalue weighted by Gasteiger charge is -2.21. The molecular weight excluding hydrogens is 501 g/mol. The van der Waals surface area contributed by atoms with Gasteiger partial charge in [0.25, 0.3) is 0 Å². The fourth-order valence-electron chi connectivity index (χ4n) is 3.81. The van der Waals surface area contributed by atoms with Gasteiger partial charge in [0.2, 0.25) is 10.0 Å². The van der Waals surface area contributed by atoms with Crippen LogP contribution in [0.2, 0.25) is 0 Å². The van der Waals surface area contributed by atoms with Crippen molar-refractivity contribution in [3.8, 4) is 0 Å². The minimum absolute atomic E-state index is 0.257. The van der Waals surface area contributed by atoms with E-state index in [0.29, 0.717) is 25.5 Å². The number of aliphatic carboxylic acids is 1. The van der Waals surface area contributed by atoms with Crippen LogP contribution in [0.4, 0.5) is 19.0 Å². The number of nitrogens with zero attached hydrogens (tertiary/aromatic N) is 2. The standard InChI is InChI=1S/C21H32N4O3S.C2HF3O2/c1-25-12-4-3-6-17(16-25)15-23-21-20-14-19(8-7-18(20)9-11-22-21)29(26,27)24-10-5-13-28-2;3-2(4,5)1(6)7/h7-9,11,14,17,24H,3-6,10,12-13,15-16H2,1-2H3,(H,22,23);(H,6,7). The van der Waals surface area contributed by atoms with E-state index in [1.165, 1.54) is 19.3 Å². The first-order valence-corrected chi connectivity index (χ1v) is 13.0. The molecule has 9 nitrogen and oxygen atoms in total. The molecule has 1 aromatic heterocycles. The van der Waals surface area contributed by atoms with Crippen LogP contribution < -0.4 is 10.0 Å². The molecule has 13 heteroatoms. The Hall–Kier alpha value is -2.48. The molecule has 0 bridgehead atoms.